The summed E-state index contributed by atoms with van der Waals surface area (Å²) in [5, 5.41) is 0. The minimum absolute atomic E-state index is 0.838. The van der Waals surface area contributed by atoms with Gasteiger partial charge >= 0.3 is 0 Å². The summed E-state index contributed by atoms with van der Waals surface area (Å²) < 4.78 is 0. The monoisotopic (exact) mass is 242 g/mol. The lowest BCUT2D eigenvalue weighted by Gasteiger charge is -2.37. The van der Waals surface area contributed by atoms with E-state index in [9.17, 15) is 0 Å². The van der Waals surface area contributed by atoms with E-state index in [1.165, 1.54) is 57.8 Å². The van der Waals surface area contributed by atoms with E-state index in [1.54, 1.807) is 0 Å². The Bertz CT molecular complexity index is 164. The van der Waals surface area contributed by atoms with E-state index >= 15 is 0 Å². The number of halogens is 1. The predicted octanol–water partition coefficient (Wildman–Crippen LogP) is 5.25. The van der Waals surface area contributed by atoms with Crippen LogP contribution in [0.15, 0.2) is 0 Å². The molecule has 16 heavy (non-hydrogen) atoms. The molecule has 0 spiro atoms. The molecule has 94 valence electrons. The molecule has 2 rings (SSSR count). The van der Waals surface area contributed by atoms with Gasteiger partial charge in [-0.3, -0.25) is 0 Å². The molecule has 0 radical (unpaired) electrons. The molecule has 2 saturated carbocycles. The molecule has 2 fully saturated rings. The lowest BCUT2D eigenvalue weighted by Crippen LogP contribution is -2.26. The highest BCUT2D eigenvalue weighted by molar-refractivity contribution is 6.18. The van der Waals surface area contributed by atoms with E-state index in [-0.39, 0.29) is 0 Å². The normalized spacial score (nSPS) is 40.9. The van der Waals surface area contributed by atoms with Crippen LogP contribution in [0, 0.1) is 23.7 Å². The molecule has 0 amide bonds. The number of hydrogen-bond donors (Lipinski definition) is 0. The van der Waals surface area contributed by atoms with Crippen molar-refractivity contribution in [2.24, 2.45) is 23.7 Å². The highest BCUT2D eigenvalue weighted by Gasteiger charge is 2.29. The molecule has 2 aliphatic rings. The Morgan fingerprint density at radius 2 is 1.19 bits per heavy atom. The molecule has 0 atom stereocenters. The maximum Gasteiger partial charge on any atom is 0.0251 e. The van der Waals surface area contributed by atoms with Gasteiger partial charge in [0.2, 0.25) is 0 Å². The molecule has 0 heterocycles. The van der Waals surface area contributed by atoms with Crippen molar-refractivity contribution in [1.29, 1.82) is 0 Å². The first kappa shape index (κ1) is 12.7. The fourth-order valence-corrected chi connectivity index (χ4v) is 4.19. The second kappa shape index (κ2) is 6.28. The van der Waals surface area contributed by atoms with Gasteiger partial charge in [0.1, 0.15) is 0 Å². The third-order valence-corrected chi connectivity index (χ3v) is 5.68. The predicted molar refractivity (Wildman–Crippen MR) is 71.9 cm³/mol. The summed E-state index contributed by atoms with van der Waals surface area (Å²) in [5.74, 6) is 4.91. The van der Waals surface area contributed by atoms with Crippen molar-refractivity contribution < 1.29 is 0 Å². The van der Waals surface area contributed by atoms with Gasteiger partial charge in [0.15, 0.2) is 0 Å². The molecular weight excluding hydrogens is 216 g/mol. The lowest BCUT2D eigenvalue weighted by molar-refractivity contribution is 0.150. The van der Waals surface area contributed by atoms with Crippen LogP contribution in [0.3, 0.4) is 0 Å². The van der Waals surface area contributed by atoms with Crippen molar-refractivity contribution in [3.05, 3.63) is 0 Å². The van der Waals surface area contributed by atoms with Gasteiger partial charge in [-0.15, -0.1) is 11.6 Å². The summed E-state index contributed by atoms with van der Waals surface area (Å²) in [7, 11) is 0. The minimum Gasteiger partial charge on any atom is -0.126 e. The molecule has 0 saturated heterocycles. The van der Waals surface area contributed by atoms with Gasteiger partial charge in [0, 0.05) is 5.88 Å². The van der Waals surface area contributed by atoms with Crippen molar-refractivity contribution in [2.75, 3.05) is 5.88 Å². The zero-order valence-electron chi connectivity index (χ0n) is 10.8. The van der Waals surface area contributed by atoms with E-state index in [2.05, 4.69) is 6.92 Å². The summed E-state index contributed by atoms with van der Waals surface area (Å²) in [6.07, 6.45) is 13.2. The molecule has 0 aromatic carbocycles. The van der Waals surface area contributed by atoms with E-state index < -0.39 is 0 Å². The van der Waals surface area contributed by atoms with E-state index in [1.807, 2.05) is 0 Å². The molecule has 1 heteroatoms. The molecule has 0 aliphatic heterocycles. The number of hydrogen-bond acceptors (Lipinski definition) is 0. The Hall–Kier alpha value is 0.290. The Morgan fingerprint density at radius 3 is 1.56 bits per heavy atom. The molecular formula is C15H27Cl. The zero-order chi connectivity index (χ0) is 11.4. The molecule has 0 aromatic rings. The van der Waals surface area contributed by atoms with Gasteiger partial charge in [0.25, 0.3) is 0 Å². The molecule has 0 aromatic heterocycles. The fourth-order valence-electron chi connectivity index (χ4n) is 3.88. The highest BCUT2D eigenvalue weighted by Crippen LogP contribution is 2.41. The van der Waals surface area contributed by atoms with Crippen LogP contribution in [-0.2, 0) is 0 Å². The van der Waals surface area contributed by atoms with Crippen LogP contribution >= 0.6 is 11.6 Å². The minimum atomic E-state index is 0.838. The van der Waals surface area contributed by atoms with E-state index in [4.69, 9.17) is 11.6 Å². The van der Waals surface area contributed by atoms with Crippen LogP contribution in [0.5, 0.6) is 0 Å². The van der Waals surface area contributed by atoms with Crippen LogP contribution < -0.4 is 0 Å². The van der Waals surface area contributed by atoms with Crippen LogP contribution in [0.1, 0.15) is 64.7 Å². The van der Waals surface area contributed by atoms with E-state index in [0.29, 0.717) is 0 Å². The third kappa shape index (κ3) is 3.15. The van der Waals surface area contributed by atoms with Crippen molar-refractivity contribution in [3.63, 3.8) is 0 Å². The van der Waals surface area contributed by atoms with Crippen LogP contribution in [-0.4, -0.2) is 5.88 Å². The summed E-state index contributed by atoms with van der Waals surface area (Å²) in [4.78, 5) is 0. The van der Waals surface area contributed by atoms with Crippen molar-refractivity contribution in [2.45, 2.75) is 64.7 Å². The molecule has 0 bridgehead atoms. The van der Waals surface area contributed by atoms with Crippen LogP contribution in [0.4, 0.5) is 0 Å². The van der Waals surface area contributed by atoms with Gasteiger partial charge in [-0.25, -0.2) is 0 Å². The fraction of sp³-hybridized carbons (Fsp3) is 1.00. The lowest BCUT2D eigenvalue weighted by atomic mass is 9.69. The summed E-state index contributed by atoms with van der Waals surface area (Å²) in [5.41, 5.74) is 0. The van der Waals surface area contributed by atoms with Gasteiger partial charge in [-0.05, 0) is 62.2 Å². The average molecular weight is 243 g/mol. The summed E-state index contributed by atoms with van der Waals surface area (Å²) >= 11 is 5.95. The van der Waals surface area contributed by atoms with Crippen molar-refractivity contribution >= 4 is 11.6 Å². The molecule has 2 aliphatic carbocycles. The van der Waals surface area contributed by atoms with Crippen molar-refractivity contribution in [3.8, 4) is 0 Å². The van der Waals surface area contributed by atoms with Gasteiger partial charge < -0.3 is 0 Å². The van der Waals surface area contributed by atoms with Gasteiger partial charge in [-0.2, -0.15) is 0 Å². The van der Waals surface area contributed by atoms with Gasteiger partial charge in [0.05, 0.1) is 0 Å². The first-order chi connectivity index (χ1) is 7.83. The Balaban J connectivity index is 1.73. The summed E-state index contributed by atoms with van der Waals surface area (Å²) in [6.45, 7) is 2.36. The molecule has 0 N–H and O–H groups in total. The zero-order valence-corrected chi connectivity index (χ0v) is 11.5. The second-order valence-electron chi connectivity index (χ2n) is 6.12. The first-order valence-corrected chi connectivity index (χ1v) is 7.92. The smallest absolute Gasteiger partial charge is 0.0251 e. The third-order valence-electron chi connectivity index (χ3n) is 5.25. The number of rotatable bonds is 3. The van der Waals surface area contributed by atoms with Crippen LogP contribution in [0.2, 0.25) is 0 Å². The van der Waals surface area contributed by atoms with Gasteiger partial charge in [-0.1, -0.05) is 26.2 Å². The van der Waals surface area contributed by atoms with Crippen molar-refractivity contribution in [1.82, 2.24) is 0 Å². The Labute approximate surface area is 106 Å². The average Bonchev–Trinajstić information content (AvgIpc) is 2.39. The first-order valence-electron chi connectivity index (χ1n) is 7.39. The molecule has 0 unspecified atom stereocenters. The quantitative estimate of drug-likeness (QED) is 0.593. The Morgan fingerprint density at radius 1 is 0.750 bits per heavy atom. The second-order valence-corrected chi connectivity index (χ2v) is 6.43. The van der Waals surface area contributed by atoms with E-state index in [0.717, 1.165) is 29.6 Å². The molecule has 0 nitrogen and oxygen atoms in total. The number of alkyl halides is 1. The standard InChI is InChI=1S/C15H27Cl/c1-2-12-3-7-14(8-4-12)15-9-5-13(11-16)6-10-15/h12-15H,2-11H2,1H3. The Kier molecular flexibility index (Phi) is 5.00. The largest absolute Gasteiger partial charge is 0.126 e. The maximum atomic E-state index is 5.95. The topological polar surface area (TPSA) is 0 Å². The summed E-state index contributed by atoms with van der Waals surface area (Å²) in [6, 6.07) is 0. The van der Waals surface area contributed by atoms with Crippen LogP contribution in [0.25, 0.3) is 0 Å². The maximum absolute atomic E-state index is 5.95. The highest BCUT2D eigenvalue weighted by atomic mass is 35.5. The SMILES string of the molecule is CCC1CCC(C2CCC(CCl)CC2)CC1.